The van der Waals surface area contributed by atoms with E-state index in [2.05, 4.69) is 205 Å². The van der Waals surface area contributed by atoms with Crippen molar-refractivity contribution in [3.05, 3.63) is 157 Å². The van der Waals surface area contributed by atoms with Crippen LogP contribution in [0, 0.1) is 0 Å². The second-order valence-corrected chi connectivity index (χ2v) is 24.9. The second-order valence-electron chi connectivity index (χ2n) is 16.4. The molecule has 0 aliphatic carbocycles. The summed E-state index contributed by atoms with van der Waals surface area (Å²) in [5.74, 6) is 0. The molecule has 1 unspecified atom stereocenters. The quantitative estimate of drug-likeness (QED) is 0.128. The van der Waals surface area contributed by atoms with Crippen LogP contribution in [0.25, 0.3) is 0 Å². The van der Waals surface area contributed by atoms with E-state index >= 15 is 0 Å². The lowest BCUT2D eigenvalue weighted by Crippen LogP contribution is -2.69. The van der Waals surface area contributed by atoms with Crippen molar-refractivity contribution in [2.75, 3.05) is 13.2 Å². The molecule has 0 bridgehead atoms. The number of benzene rings is 5. The first-order valence-electron chi connectivity index (χ1n) is 18.8. The van der Waals surface area contributed by atoms with E-state index in [4.69, 9.17) is 8.85 Å². The lowest BCUT2D eigenvalue weighted by atomic mass is 9.96. The van der Waals surface area contributed by atoms with Gasteiger partial charge in [-0.25, -0.2) is 0 Å². The predicted octanol–water partition coefficient (Wildman–Crippen LogP) is 8.73. The minimum absolute atomic E-state index is 0.0783. The van der Waals surface area contributed by atoms with Gasteiger partial charge >= 0.3 is 0 Å². The number of piperidine rings is 1. The molecule has 0 spiro atoms. The van der Waals surface area contributed by atoms with Crippen LogP contribution >= 0.6 is 0 Å². The highest BCUT2D eigenvalue weighted by Crippen LogP contribution is 2.41. The fourth-order valence-electron chi connectivity index (χ4n) is 8.66. The van der Waals surface area contributed by atoms with Crippen LogP contribution in [0.2, 0.25) is 10.1 Å². The Hall–Kier alpha value is -3.59. The van der Waals surface area contributed by atoms with Crippen molar-refractivity contribution in [2.45, 2.75) is 89.6 Å². The summed E-state index contributed by atoms with van der Waals surface area (Å²) in [4.78, 5) is 2.71. The van der Waals surface area contributed by atoms with Crippen LogP contribution in [0.5, 0.6) is 0 Å². The molecule has 5 aromatic carbocycles. The van der Waals surface area contributed by atoms with Crippen molar-refractivity contribution in [1.29, 1.82) is 0 Å². The molecule has 0 aromatic heterocycles. The van der Waals surface area contributed by atoms with Crippen LogP contribution in [0.4, 0.5) is 0 Å². The molecular weight excluding hydrogens is 655 g/mol. The minimum Gasteiger partial charge on any atom is -0.406 e. The maximum atomic E-state index is 7.82. The summed E-state index contributed by atoms with van der Waals surface area (Å²) in [5, 5.41) is 5.15. The van der Waals surface area contributed by atoms with Gasteiger partial charge in [0.2, 0.25) is 0 Å². The van der Waals surface area contributed by atoms with Gasteiger partial charge in [-0.2, -0.15) is 0 Å². The number of hydrogen-bond donors (Lipinski definition) is 0. The molecule has 0 amide bonds. The zero-order valence-electron chi connectivity index (χ0n) is 31.8. The Kier molecular flexibility index (Phi) is 11.3. The van der Waals surface area contributed by atoms with Gasteiger partial charge in [0.15, 0.2) is 0 Å². The fourth-order valence-corrected chi connectivity index (χ4v) is 18.0. The normalized spacial score (nSPS) is 18.3. The highest BCUT2D eigenvalue weighted by atomic mass is 28.4. The largest absolute Gasteiger partial charge is 0.406 e. The maximum Gasteiger partial charge on any atom is 0.261 e. The topological polar surface area (TPSA) is 21.7 Å². The lowest BCUT2D eigenvalue weighted by molar-refractivity contribution is 0.00650. The molecule has 1 saturated heterocycles. The van der Waals surface area contributed by atoms with Gasteiger partial charge in [-0.3, -0.25) is 4.90 Å². The molecule has 6 rings (SSSR count). The second kappa shape index (κ2) is 15.6. The molecule has 3 nitrogen and oxygen atoms in total. The van der Waals surface area contributed by atoms with E-state index < -0.39 is 16.6 Å². The van der Waals surface area contributed by atoms with E-state index in [1.165, 1.54) is 26.3 Å². The third-order valence-electron chi connectivity index (χ3n) is 11.2. The van der Waals surface area contributed by atoms with Crippen LogP contribution in [-0.2, 0) is 8.85 Å². The summed E-state index contributed by atoms with van der Waals surface area (Å²) in [7, 11) is -5.46. The lowest BCUT2D eigenvalue weighted by Gasteiger charge is -2.50. The van der Waals surface area contributed by atoms with Crippen LogP contribution < -0.4 is 20.7 Å². The molecule has 0 saturated carbocycles. The Bertz CT molecular complexity index is 1710. The highest BCUT2D eigenvalue weighted by molar-refractivity contribution is 7.00. The number of rotatable bonds is 11. The highest BCUT2D eigenvalue weighted by Gasteiger charge is 2.53. The average molecular weight is 712 g/mol. The van der Waals surface area contributed by atoms with Gasteiger partial charge in [0, 0.05) is 24.7 Å². The van der Waals surface area contributed by atoms with Gasteiger partial charge in [0.05, 0.1) is 6.61 Å². The van der Waals surface area contributed by atoms with E-state index in [-0.39, 0.29) is 28.3 Å². The van der Waals surface area contributed by atoms with Crippen LogP contribution in [0.3, 0.4) is 0 Å². The van der Waals surface area contributed by atoms with Crippen molar-refractivity contribution in [2.24, 2.45) is 0 Å². The summed E-state index contributed by atoms with van der Waals surface area (Å²) in [6.07, 6.45) is 2.00. The van der Waals surface area contributed by atoms with Crippen molar-refractivity contribution in [3.63, 3.8) is 0 Å². The summed E-state index contributed by atoms with van der Waals surface area (Å²) in [5.41, 5.74) is 1.35. The van der Waals surface area contributed by atoms with Gasteiger partial charge in [-0.15, -0.1) is 0 Å². The van der Waals surface area contributed by atoms with Gasteiger partial charge in [0.1, 0.15) is 0 Å². The van der Waals surface area contributed by atoms with Crippen molar-refractivity contribution in [3.8, 4) is 0 Å². The molecule has 3 atom stereocenters. The number of likely N-dealkylation sites (tertiary alicyclic amines) is 1. The zero-order valence-corrected chi connectivity index (χ0v) is 33.8. The van der Waals surface area contributed by atoms with Gasteiger partial charge in [0.25, 0.3) is 16.6 Å². The Balaban J connectivity index is 1.41. The summed E-state index contributed by atoms with van der Waals surface area (Å²) in [6, 6.07) is 55.7. The molecular formula is C46H57NO2Si2. The molecule has 5 heteroatoms. The maximum absolute atomic E-state index is 7.82. The van der Waals surface area contributed by atoms with Crippen LogP contribution in [-0.4, -0.2) is 46.8 Å². The Morgan fingerprint density at radius 3 is 1.33 bits per heavy atom. The van der Waals surface area contributed by atoms with E-state index in [9.17, 15) is 0 Å². The first-order valence-corrected chi connectivity index (χ1v) is 22.6. The Morgan fingerprint density at radius 2 is 0.941 bits per heavy atom. The van der Waals surface area contributed by atoms with Crippen molar-refractivity contribution >= 4 is 37.4 Å². The molecule has 1 heterocycles. The van der Waals surface area contributed by atoms with E-state index in [1.807, 2.05) is 0 Å². The smallest absolute Gasteiger partial charge is 0.261 e. The molecule has 0 radical (unpaired) electrons. The van der Waals surface area contributed by atoms with Crippen molar-refractivity contribution in [1.82, 2.24) is 4.90 Å². The van der Waals surface area contributed by atoms with E-state index in [0.29, 0.717) is 6.61 Å². The molecule has 266 valence electrons. The van der Waals surface area contributed by atoms with Gasteiger partial charge in [-0.05, 0) is 56.2 Å². The van der Waals surface area contributed by atoms with Crippen LogP contribution in [0.15, 0.2) is 152 Å². The predicted molar refractivity (Wildman–Crippen MR) is 221 cm³/mol. The summed E-state index contributed by atoms with van der Waals surface area (Å²) < 4.78 is 15.5. The van der Waals surface area contributed by atoms with Gasteiger partial charge < -0.3 is 8.85 Å². The molecule has 1 aliphatic rings. The van der Waals surface area contributed by atoms with Crippen molar-refractivity contribution < 1.29 is 8.85 Å². The first-order chi connectivity index (χ1) is 24.5. The first kappa shape index (κ1) is 37.2. The summed E-state index contributed by atoms with van der Waals surface area (Å²) >= 11 is 0. The molecule has 1 aliphatic heterocycles. The fraction of sp³-hybridized carbons (Fsp3) is 0.348. The van der Waals surface area contributed by atoms with Crippen LogP contribution in [0.1, 0.15) is 72.9 Å². The molecule has 0 N–H and O–H groups in total. The van der Waals surface area contributed by atoms with E-state index in [0.717, 1.165) is 19.4 Å². The standard InChI is InChI=1S/C46H57NO2Si2/c1-37(38-23-13-8-14-24-38)47-34-33-40(49-51(46(5,6)7,43-29-19-11-20-30-43)44-31-21-12-22-32-44)35-39(47)36-48-50(45(2,3)4,41-25-15-9-16-26-41)42-27-17-10-18-28-42/h8-32,37,39-40H,33-36H2,1-7H3/t37?,39-,40+/m1/s1. The Labute approximate surface area is 309 Å². The zero-order chi connectivity index (χ0) is 36.1. The molecule has 1 fully saturated rings. The molecule has 51 heavy (non-hydrogen) atoms. The number of nitrogens with zero attached hydrogens (tertiary/aromatic N) is 1. The SMILES string of the molecule is CC(c1ccccc1)N1CC[C@H](O[Si](c2ccccc2)(c2ccccc2)C(C)(C)C)C[C@@H]1CO[Si](c1ccccc1)(c1ccccc1)C(C)(C)C. The summed E-state index contributed by atoms with van der Waals surface area (Å²) in [6.45, 7) is 18.2. The minimum atomic E-state index is -2.74. The number of hydrogen-bond acceptors (Lipinski definition) is 3. The molecule has 5 aromatic rings. The van der Waals surface area contributed by atoms with Gasteiger partial charge in [-0.1, -0.05) is 193 Å². The third kappa shape index (κ3) is 7.51. The monoisotopic (exact) mass is 711 g/mol. The Morgan fingerprint density at radius 1 is 0.569 bits per heavy atom. The van der Waals surface area contributed by atoms with E-state index in [1.54, 1.807) is 0 Å². The average Bonchev–Trinajstić information content (AvgIpc) is 3.15. The third-order valence-corrected chi connectivity index (χ3v) is 21.3.